The lowest BCUT2D eigenvalue weighted by molar-refractivity contribution is 1.19. The quantitative estimate of drug-likeness (QED) is 0.146. The Morgan fingerprint density at radius 3 is 1.53 bits per heavy atom. The largest absolute Gasteiger partial charge is 0.310 e. The van der Waals surface area contributed by atoms with Gasteiger partial charge in [-0.2, -0.15) is 0 Å². The van der Waals surface area contributed by atoms with E-state index in [0.29, 0.717) is 0 Å². The second-order valence-electron chi connectivity index (χ2n) is 16.1. The van der Waals surface area contributed by atoms with Crippen molar-refractivity contribution in [3.63, 3.8) is 0 Å². The third-order valence-electron chi connectivity index (χ3n) is 12.5. The first-order valence-corrected chi connectivity index (χ1v) is 21.3. The van der Waals surface area contributed by atoms with E-state index in [1.807, 2.05) is 0 Å². The fraction of sp³-hybridized carbons (Fsp3) is 0. The summed E-state index contributed by atoms with van der Waals surface area (Å²) in [5.41, 5.74) is 14.1. The molecule has 0 bridgehead atoms. The Bertz CT molecular complexity index is 3600. The van der Waals surface area contributed by atoms with E-state index >= 15 is 0 Å². The highest BCUT2D eigenvalue weighted by atomic mass is 15.1. The van der Waals surface area contributed by atoms with Crippen LogP contribution in [-0.4, -0.2) is 4.57 Å². The van der Waals surface area contributed by atoms with Gasteiger partial charge in [-0.05, 0) is 110 Å². The number of para-hydroxylation sites is 2. The van der Waals surface area contributed by atoms with Gasteiger partial charge in [0.15, 0.2) is 0 Å². The van der Waals surface area contributed by atoms with Crippen LogP contribution in [0.3, 0.4) is 0 Å². The highest BCUT2D eigenvalue weighted by molar-refractivity contribution is 6.24. The van der Waals surface area contributed by atoms with Gasteiger partial charge in [-0.1, -0.05) is 188 Å². The molecular formula is C60H40N2. The van der Waals surface area contributed by atoms with Crippen molar-refractivity contribution < 1.29 is 0 Å². The fourth-order valence-electron chi connectivity index (χ4n) is 9.65. The Hall–Kier alpha value is -8.20. The Kier molecular flexibility index (Phi) is 8.53. The maximum Gasteiger partial charge on any atom is 0.0625 e. The molecule has 11 aromatic carbocycles. The maximum atomic E-state index is 2.45. The molecule has 2 nitrogen and oxygen atoms in total. The third kappa shape index (κ3) is 5.96. The minimum absolute atomic E-state index is 1.09. The van der Waals surface area contributed by atoms with Crippen LogP contribution in [0.2, 0.25) is 0 Å². The number of benzene rings is 11. The molecule has 0 fully saturated rings. The summed E-state index contributed by atoms with van der Waals surface area (Å²) < 4.78 is 2.45. The van der Waals surface area contributed by atoms with Crippen molar-refractivity contribution in [1.82, 2.24) is 4.57 Å². The number of aromatic nitrogens is 1. The first-order valence-electron chi connectivity index (χ1n) is 21.3. The van der Waals surface area contributed by atoms with E-state index in [-0.39, 0.29) is 0 Å². The van der Waals surface area contributed by atoms with Gasteiger partial charge in [-0.15, -0.1) is 0 Å². The SMILES string of the molecule is c1ccc(-c2ccc(-c3ccc(N(c4cccc(-c5cc6ccccc6c6c5c5ccccc5n6-c5ccccc5)c4)c4cc5ccccc5c5ccccc45)cc3)cc2)cc1. The summed E-state index contributed by atoms with van der Waals surface area (Å²) in [5, 5.41) is 9.85. The van der Waals surface area contributed by atoms with E-state index < -0.39 is 0 Å². The topological polar surface area (TPSA) is 8.17 Å². The predicted molar refractivity (Wildman–Crippen MR) is 264 cm³/mol. The minimum atomic E-state index is 1.09. The number of hydrogen-bond acceptors (Lipinski definition) is 1. The smallest absolute Gasteiger partial charge is 0.0625 e. The van der Waals surface area contributed by atoms with Gasteiger partial charge in [0.25, 0.3) is 0 Å². The van der Waals surface area contributed by atoms with Crippen molar-refractivity contribution in [2.75, 3.05) is 4.90 Å². The zero-order valence-corrected chi connectivity index (χ0v) is 34.0. The molecule has 290 valence electrons. The molecule has 2 heteroatoms. The Morgan fingerprint density at radius 1 is 0.306 bits per heavy atom. The molecule has 0 radical (unpaired) electrons. The highest BCUT2D eigenvalue weighted by Crippen LogP contribution is 2.46. The number of rotatable bonds is 7. The van der Waals surface area contributed by atoms with Gasteiger partial charge in [-0.25, -0.2) is 0 Å². The van der Waals surface area contributed by atoms with E-state index in [4.69, 9.17) is 0 Å². The van der Waals surface area contributed by atoms with E-state index in [1.165, 1.54) is 87.5 Å². The molecule has 0 aliphatic heterocycles. The van der Waals surface area contributed by atoms with E-state index in [0.717, 1.165) is 22.7 Å². The standard InChI is InChI=1S/C60H40N2/c1-3-16-41(17-4-1)42-30-32-43(33-31-42)44-34-36-49(37-35-44)61(58-40-47-19-7-9-24-51(47)53-26-11-12-27-54(53)58)50-23-15-20-45(38-50)56-39-46-18-8-10-25-52(46)60-59(56)55-28-13-14-29-57(55)62(60)48-21-5-2-6-22-48/h1-40H. The van der Waals surface area contributed by atoms with Crippen LogP contribution in [0, 0.1) is 0 Å². The molecule has 0 saturated carbocycles. The average molecular weight is 789 g/mol. The monoisotopic (exact) mass is 788 g/mol. The summed E-state index contributed by atoms with van der Waals surface area (Å²) in [5.74, 6) is 0. The zero-order valence-electron chi connectivity index (χ0n) is 34.0. The third-order valence-corrected chi connectivity index (χ3v) is 12.5. The van der Waals surface area contributed by atoms with Crippen LogP contribution in [0.15, 0.2) is 243 Å². The van der Waals surface area contributed by atoms with Gasteiger partial charge in [0, 0.05) is 38.6 Å². The van der Waals surface area contributed by atoms with Crippen LogP contribution in [0.25, 0.3) is 93.2 Å². The molecule has 0 N–H and O–H groups in total. The molecule has 12 aromatic rings. The molecule has 62 heavy (non-hydrogen) atoms. The van der Waals surface area contributed by atoms with Crippen molar-refractivity contribution >= 4 is 71.2 Å². The minimum Gasteiger partial charge on any atom is -0.310 e. The number of nitrogens with zero attached hydrogens (tertiary/aromatic N) is 2. The molecule has 1 heterocycles. The Balaban J connectivity index is 1.07. The summed E-state index contributed by atoms with van der Waals surface area (Å²) in [6.45, 7) is 0. The lowest BCUT2D eigenvalue weighted by Gasteiger charge is -2.28. The van der Waals surface area contributed by atoms with Crippen LogP contribution in [0.1, 0.15) is 0 Å². The van der Waals surface area contributed by atoms with Crippen LogP contribution >= 0.6 is 0 Å². The van der Waals surface area contributed by atoms with Gasteiger partial charge in [0.1, 0.15) is 0 Å². The maximum absolute atomic E-state index is 2.45. The van der Waals surface area contributed by atoms with Gasteiger partial charge in [0.05, 0.1) is 16.7 Å². The summed E-state index contributed by atoms with van der Waals surface area (Å²) in [6, 6.07) is 88.5. The van der Waals surface area contributed by atoms with Crippen LogP contribution in [-0.2, 0) is 0 Å². The van der Waals surface area contributed by atoms with Crippen LogP contribution in [0.4, 0.5) is 17.1 Å². The second-order valence-corrected chi connectivity index (χ2v) is 16.1. The van der Waals surface area contributed by atoms with Crippen molar-refractivity contribution in [3.05, 3.63) is 243 Å². The summed E-state index contributed by atoms with van der Waals surface area (Å²) >= 11 is 0. The number of anilines is 3. The first-order chi connectivity index (χ1) is 30.8. The summed E-state index contributed by atoms with van der Waals surface area (Å²) in [7, 11) is 0. The Morgan fingerprint density at radius 2 is 0.823 bits per heavy atom. The number of fused-ring (bicyclic) bond motifs is 8. The van der Waals surface area contributed by atoms with Gasteiger partial charge >= 0.3 is 0 Å². The Labute approximate surface area is 360 Å². The van der Waals surface area contributed by atoms with Crippen molar-refractivity contribution in [1.29, 1.82) is 0 Å². The molecular weight excluding hydrogens is 749 g/mol. The normalized spacial score (nSPS) is 11.5. The first kappa shape index (κ1) is 35.7. The molecule has 0 atom stereocenters. The van der Waals surface area contributed by atoms with E-state index in [9.17, 15) is 0 Å². The van der Waals surface area contributed by atoms with Crippen molar-refractivity contribution in [2.24, 2.45) is 0 Å². The van der Waals surface area contributed by atoms with Crippen molar-refractivity contribution in [2.45, 2.75) is 0 Å². The van der Waals surface area contributed by atoms with Crippen LogP contribution in [0.5, 0.6) is 0 Å². The average Bonchev–Trinajstić information content (AvgIpc) is 3.70. The van der Waals surface area contributed by atoms with E-state index in [1.54, 1.807) is 0 Å². The molecule has 0 amide bonds. The van der Waals surface area contributed by atoms with Gasteiger partial charge in [-0.3, -0.25) is 0 Å². The van der Waals surface area contributed by atoms with Crippen molar-refractivity contribution in [3.8, 4) is 39.1 Å². The lowest BCUT2D eigenvalue weighted by atomic mass is 9.94. The molecule has 0 aliphatic rings. The highest BCUT2D eigenvalue weighted by Gasteiger charge is 2.22. The summed E-state index contributed by atoms with van der Waals surface area (Å²) in [6.07, 6.45) is 0. The van der Waals surface area contributed by atoms with Gasteiger partial charge < -0.3 is 9.47 Å². The fourth-order valence-corrected chi connectivity index (χ4v) is 9.65. The van der Waals surface area contributed by atoms with E-state index in [2.05, 4.69) is 252 Å². The van der Waals surface area contributed by atoms with Gasteiger partial charge in [0.2, 0.25) is 0 Å². The summed E-state index contributed by atoms with van der Waals surface area (Å²) in [4.78, 5) is 2.45. The molecule has 0 spiro atoms. The lowest BCUT2D eigenvalue weighted by Crippen LogP contribution is -2.11. The molecule has 0 unspecified atom stereocenters. The zero-order chi connectivity index (χ0) is 41.0. The molecule has 1 aromatic heterocycles. The molecule has 0 aliphatic carbocycles. The molecule has 12 rings (SSSR count). The van der Waals surface area contributed by atoms with Crippen LogP contribution < -0.4 is 4.90 Å². The predicted octanol–water partition coefficient (Wildman–Crippen LogP) is 16.7. The second kappa shape index (κ2) is 14.8. The molecule has 0 saturated heterocycles. The number of hydrogen-bond donors (Lipinski definition) is 0.